The number of phenolic OH excluding ortho intramolecular Hbond substituents is 1. The molecule has 1 aromatic carbocycles. The summed E-state index contributed by atoms with van der Waals surface area (Å²) in [7, 11) is 0. The maximum atomic E-state index is 9.84. The largest absolute Gasteiger partial charge is 0.508 e. The van der Waals surface area contributed by atoms with E-state index in [1.54, 1.807) is 12.1 Å². The normalized spacial score (nSPS) is 18.6. The molecular weight excluding hydrogens is 316 g/mol. The van der Waals surface area contributed by atoms with Crippen LogP contribution in [0.25, 0.3) is 10.4 Å². The molecule has 6 heteroatoms. The van der Waals surface area contributed by atoms with Gasteiger partial charge in [0, 0.05) is 5.56 Å². The van der Waals surface area contributed by atoms with Gasteiger partial charge in [-0.3, -0.25) is 5.10 Å². The van der Waals surface area contributed by atoms with E-state index in [4.69, 9.17) is 17.0 Å². The van der Waals surface area contributed by atoms with Gasteiger partial charge in [-0.1, -0.05) is 30.4 Å². The number of nitrogens with one attached hydrogen (secondary N) is 1. The van der Waals surface area contributed by atoms with Crippen molar-refractivity contribution in [3.8, 4) is 11.6 Å². The predicted octanol–water partition coefficient (Wildman–Crippen LogP) is 3.34. The van der Waals surface area contributed by atoms with Crippen molar-refractivity contribution >= 4 is 5.57 Å². The van der Waals surface area contributed by atoms with E-state index in [0.717, 1.165) is 34.4 Å². The Balaban J connectivity index is 1.94. The van der Waals surface area contributed by atoms with Gasteiger partial charge in [0.05, 0.1) is 18.2 Å². The van der Waals surface area contributed by atoms with Crippen LogP contribution in [0.4, 0.5) is 0 Å². The van der Waals surface area contributed by atoms with Gasteiger partial charge in [0.1, 0.15) is 5.75 Å². The molecule has 0 saturated heterocycles. The van der Waals surface area contributed by atoms with Crippen LogP contribution in [0, 0.1) is 13.5 Å². The van der Waals surface area contributed by atoms with Crippen LogP contribution in [0.5, 0.6) is 11.6 Å². The Morgan fingerprint density at radius 1 is 1.44 bits per heavy atom. The highest BCUT2D eigenvalue weighted by atomic mass is 16.5. The van der Waals surface area contributed by atoms with Gasteiger partial charge in [-0.25, -0.2) is 4.85 Å². The Labute approximate surface area is 144 Å². The summed E-state index contributed by atoms with van der Waals surface area (Å²) in [6, 6.07) is 5.30. The molecule has 1 aliphatic heterocycles. The van der Waals surface area contributed by atoms with Gasteiger partial charge in [-0.2, -0.15) is 0 Å². The number of ether oxygens (including phenoxy) is 1. The Morgan fingerprint density at radius 3 is 2.96 bits per heavy atom. The molecule has 2 aliphatic rings. The van der Waals surface area contributed by atoms with Crippen molar-refractivity contribution in [1.29, 1.82) is 0 Å². The first-order chi connectivity index (χ1) is 12.1. The zero-order chi connectivity index (χ0) is 17.6. The quantitative estimate of drug-likeness (QED) is 0.736. The van der Waals surface area contributed by atoms with Crippen LogP contribution in [0.15, 0.2) is 48.0 Å². The second-order valence-corrected chi connectivity index (χ2v) is 6.08. The lowest BCUT2D eigenvalue weighted by molar-refractivity contribution is 0.378. The zero-order valence-corrected chi connectivity index (χ0v) is 13.6. The third kappa shape index (κ3) is 2.29. The van der Waals surface area contributed by atoms with E-state index in [-0.39, 0.29) is 11.6 Å². The van der Waals surface area contributed by atoms with Crippen molar-refractivity contribution in [2.24, 2.45) is 5.73 Å². The number of hydrogen-bond acceptors (Lipinski definition) is 4. The van der Waals surface area contributed by atoms with E-state index in [1.165, 1.54) is 0 Å². The number of hydrogen-bond donors (Lipinski definition) is 3. The van der Waals surface area contributed by atoms with Crippen molar-refractivity contribution in [2.45, 2.75) is 19.3 Å². The first kappa shape index (κ1) is 15.1. The molecule has 124 valence electrons. The SMILES string of the molecule is [C-]#[N+]C1=C(N)Oc2n[nH]c(C3=CC=CC3)c2C1c1ccc(O)c(C)c1. The summed E-state index contributed by atoms with van der Waals surface area (Å²) in [4.78, 5) is 3.63. The van der Waals surface area contributed by atoms with Gasteiger partial charge in [0.15, 0.2) is 5.88 Å². The minimum atomic E-state index is -0.393. The van der Waals surface area contributed by atoms with Gasteiger partial charge >= 0.3 is 0 Å². The predicted molar refractivity (Wildman–Crippen MR) is 93.5 cm³/mol. The molecule has 0 bridgehead atoms. The summed E-state index contributed by atoms with van der Waals surface area (Å²) in [5, 5.41) is 17.1. The average molecular weight is 332 g/mol. The lowest BCUT2D eigenvalue weighted by atomic mass is 9.85. The molecule has 1 unspecified atom stereocenters. The van der Waals surface area contributed by atoms with Gasteiger partial charge in [-0.05, 0) is 36.1 Å². The molecule has 0 fully saturated rings. The molecule has 1 aromatic heterocycles. The molecule has 1 aliphatic carbocycles. The van der Waals surface area contributed by atoms with Crippen molar-refractivity contribution in [3.05, 3.63) is 81.8 Å². The number of aromatic hydroxyl groups is 1. The number of nitrogens with two attached hydrogens (primary N) is 1. The summed E-state index contributed by atoms with van der Waals surface area (Å²) in [5.74, 6) is 0.279. The number of H-pyrrole nitrogens is 1. The second kappa shape index (κ2) is 5.56. The summed E-state index contributed by atoms with van der Waals surface area (Å²) in [6.45, 7) is 9.40. The highest BCUT2D eigenvalue weighted by Crippen LogP contribution is 2.46. The van der Waals surface area contributed by atoms with Gasteiger partial charge in [-0.15, -0.1) is 5.10 Å². The Kier molecular flexibility index (Phi) is 3.36. The molecule has 0 radical (unpaired) electrons. The second-order valence-electron chi connectivity index (χ2n) is 6.08. The molecule has 4 N–H and O–H groups in total. The average Bonchev–Trinajstić information content (AvgIpc) is 3.25. The van der Waals surface area contributed by atoms with E-state index >= 15 is 0 Å². The van der Waals surface area contributed by atoms with Crippen molar-refractivity contribution in [3.63, 3.8) is 0 Å². The number of benzene rings is 1. The number of phenols is 1. The van der Waals surface area contributed by atoms with Gasteiger partial charge in [0.2, 0.25) is 11.6 Å². The first-order valence-corrected chi connectivity index (χ1v) is 7.89. The van der Waals surface area contributed by atoms with Crippen LogP contribution in [-0.2, 0) is 0 Å². The molecule has 2 aromatic rings. The molecule has 1 atom stereocenters. The number of nitrogens with zero attached hydrogens (tertiary/aromatic N) is 2. The Hall–Kier alpha value is -3.46. The van der Waals surface area contributed by atoms with Crippen LogP contribution < -0.4 is 10.5 Å². The first-order valence-electron chi connectivity index (χ1n) is 7.89. The highest BCUT2D eigenvalue weighted by Gasteiger charge is 2.36. The number of aromatic amines is 1. The van der Waals surface area contributed by atoms with E-state index in [0.29, 0.717) is 11.6 Å². The highest BCUT2D eigenvalue weighted by molar-refractivity contribution is 5.74. The van der Waals surface area contributed by atoms with Crippen LogP contribution in [0.3, 0.4) is 0 Å². The third-order valence-electron chi connectivity index (χ3n) is 4.56. The Bertz CT molecular complexity index is 1000. The van der Waals surface area contributed by atoms with E-state index in [1.807, 2.05) is 25.1 Å². The summed E-state index contributed by atoms with van der Waals surface area (Å²) in [6.07, 6.45) is 6.87. The standard InChI is InChI=1S/C19H16N4O2/c1-10-9-12(7-8-13(10)24)14-15-16(11-5-3-4-6-11)22-23-19(15)25-18(20)17(14)21-2/h3-5,7-9,14,24H,6,20H2,1H3,(H,22,23). The summed E-state index contributed by atoms with van der Waals surface area (Å²) in [5.41, 5.74) is 10.6. The monoisotopic (exact) mass is 332 g/mol. The van der Waals surface area contributed by atoms with E-state index in [9.17, 15) is 5.11 Å². The fourth-order valence-corrected chi connectivity index (χ4v) is 3.29. The van der Waals surface area contributed by atoms with Crippen LogP contribution in [-0.4, -0.2) is 15.3 Å². The minimum Gasteiger partial charge on any atom is -0.508 e. The number of fused-ring (bicyclic) bond motifs is 1. The van der Waals surface area contributed by atoms with Crippen LogP contribution >= 0.6 is 0 Å². The smallest absolute Gasteiger partial charge is 0.241 e. The fraction of sp³-hybridized carbons (Fsp3) is 0.158. The van der Waals surface area contributed by atoms with Crippen molar-refractivity contribution in [1.82, 2.24) is 10.2 Å². The molecule has 0 amide bonds. The molecule has 4 rings (SSSR count). The summed E-state index contributed by atoms with van der Waals surface area (Å²) < 4.78 is 5.59. The molecule has 2 heterocycles. The van der Waals surface area contributed by atoms with Crippen molar-refractivity contribution in [2.75, 3.05) is 0 Å². The molecular formula is C19H16N4O2. The van der Waals surface area contributed by atoms with Crippen LogP contribution in [0.2, 0.25) is 0 Å². The minimum absolute atomic E-state index is 0.0646. The topological polar surface area (TPSA) is 88.5 Å². The maximum absolute atomic E-state index is 9.84. The number of rotatable bonds is 2. The third-order valence-corrected chi connectivity index (χ3v) is 4.56. The van der Waals surface area contributed by atoms with E-state index < -0.39 is 5.92 Å². The fourth-order valence-electron chi connectivity index (χ4n) is 3.29. The van der Waals surface area contributed by atoms with Crippen LogP contribution in [0.1, 0.15) is 34.7 Å². The molecule has 0 spiro atoms. The lowest BCUT2D eigenvalue weighted by Crippen LogP contribution is -2.20. The number of allylic oxidation sites excluding steroid dienone is 5. The summed E-state index contributed by atoms with van der Waals surface area (Å²) >= 11 is 0. The van der Waals surface area contributed by atoms with Gasteiger partial charge in [0.25, 0.3) is 0 Å². The molecule has 0 saturated carbocycles. The van der Waals surface area contributed by atoms with E-state index in [2.05, 4.69) is 21.1 Å². The van der Waals surface area contributed by atoms with Gasteiger partial charge < -0.3 is 15.6 Å². The number of aromatic nitrogens is 2. The zero-order valence-electron chi connectivity index (χ0n) is 13.6. The number of aryl methyl sites for hydroxylation is 1. The molecule has 25 heavy (non-hydrogen) atoms. The Morgan fingerprint density at radius 2 is 2.28 bits per heavy atom. The lowest BCUT2D eigenvalue weighted by Gasteiger charge is -2.24. The maximum Gasteiger partial charge on any atom is 0.241 e. The molecule has 6 nitrogen and oxygen atoms in total. The van der Waals surface area contributed by atoms with Crippen molar-refractivity contribution < 1.29 is 9.84 Å².